The van der Waals surface area contributed by atoms with E-state index < -0.39 is 0 Å². The predicted molar refractivity (Wildman–Crippen MR) is 36.3 cm³/mol. The molecule has 1 rings (SSSR count). The summed E-state index contributed by atoms with van der Waals surface area (Å²) in [6, 6.07) is 0.0312. The van der Waals surface area contributed by atoms with E-state index in [2.05, 4.69) is 10.3 Å². The van der Waals surface area contributed by atoms with Crippen LogP contribution in [-0.2, 0) is 4.79 Å². The van der Waals surface area contributed by atoms with Gasteiger partial charge in [0.25, 0.3) is 0 Å². The summed E-state index contributed by atoms with van der Waals surface area (Å²) in [5, 5.41) is 8.81. The van der Waals surface area contributed by atoms with Gasteiger partial charge in [-0.3, -0.25) is 4.79 Å². The van der Waals surface area contributed by atoms with E-state index >= 15 is 0 Å². The van der Waals surface area contributed by atoms with Gasteiger partial charge in [-0.25, -0.2) is 5.01 Å². The zero-order chi connectivity index (χ0) is 7.72. The molecule has 1 heterocycles. The molecule has 0 N–H and O–H groups in total. The lowest BCUT2D eigenvalue weighted by Gasteiger charge is -2.22. The van der Waals surface area contributed by atoms with E-state index in [0.29, 0.717) is 0 Å². The lowest BCUT2D eigenvalue weighted by molar-refractivity contribution is -0.136. The number of rotatable bonds is 0. The zero-order valence-electron chi connectivity index (χ0n) is 6.40. The standard InChI is InChI=1S/C6H11N3O/c1-4-5(2)7-8-9(3)6(4)10/h4-5H,1-3H3. The van der Waals surface area contributed by atoms with Crippen molar-refractivity contribution >= 4 is 5.91 Å². The highest BCUT2D eigenvalue weighted by Gasteiger charge is 2.26. The van der Waals surface area contributed by atoms with Crippen molar-refractivity contribution in [2.45, 2.75) is 19.9 Å². The highest BCUT2D eigenvalue weighted by molar-refractivity contribution is 5.78. The van der Waals surface area contributed by atoms with Crippen molar-refractivity contribution in [1.29, 1.82) is 0 Å². The molecule has 0 aromatic rings. The van der Waals surface area contributed by atoms with Crippen LogP contribution in [0, 0.1) is 5.92 Å². The van der Waals surface area contributed by atoms with Crippen molar-refractivity contribution in [2.24, 2.45) is 16.3 Å². The fraction of sp³-hybridized carbons (Fsp3) is 0.833. The van der Waals surface area contributed by atoms with Gasteiger partial charge in [0.1, 0.15) is 0 Å². The van der Waals surface area contributed by atoms with Crippen LogP contribution in [0.1, 0.15) is 13.8 Å². The highest BCUT2D eigenvalue weighted by Crippen LogP contribution is 2.15. The molecule has 4 nitrogen and oxygen atoms in total. The first-order valence-corrected chi connectivity index (χ1v) is 3.31. The largest absolute Gasteiger partial charge is 0.273 e. The molecule has 0 spiro atoms. The Hall–Kier alpha value is -0.930. The fourth-order valence-electron chi connectivity index (χ4n) is 0.804. The van der Waals surface area contributed by atoms with Crippen molar-refractivity contribution in [3.8, 4) is 0 Å². The first kappa shape index (κ1) is 7.18. The molecule has 0 aromatic carbocycles. The maximum absolute atomic E-state index is 11.1. The monoisotopic (exact) mass is 141 g/mol. The third-order valence-corrected chi connectivity index (χ3v) is 1.80. The smallest absolute Gasteiger partial charge is 0.248 e. The van der Waals surface area contributed by atoms with Gasteiger partial charge in [0.15, 0.2) is 0 Å². The second-order valence-electron chi connectivity index (χ2n) is 2.60. The second-order valence-corrected chi connectivity index (χ2v) is 2.60. The summed E-state index contributed by atoms with van der Waals surface area (Å²) >= 11 is 0. The van der Waals surface area contributed by atoms with E-state index in [1.54, 1.807) is 7.05 Å². The number of nitrogens with zero attached hydrogens (tertiary/aromatic N) is 3. The van der Waals surface area contributed by atoms with Gasteiger partial charge in [0.2, 0.25) is 5.91 Å². The number of carbonyl (C=O) groups is 1. The molecule has 0 saturated carbocycles. The van der Waals surface area contributed by atoms with Crippen LogP contribution in [0.25, 0.3) is 0 Å². The van der Waals surface area contributed by atoms with Crippen LogP contribution < -0.4 is 0 Å². The van der Waals surface area contributed by atoms with E-state index in [0.717, 1.165) is 0 Å². The first-order valence-electron chi connectivity index (χ1n) is 3.31. The molecule has 0 saturated heterocycles. The van der Waals surface area contributed by atoms with Crippen molar-refractivity contribution in [2.75, 3.05) is 7.05 Å². The molecular formula is C6H11N3O. The van der Waals surface area contributed by atoms with Gasteiger partial charge in [-0.1, -0.05) is 12.1 Å². The van der Waals surface area contributed by atoms with Crippen molar-refractivity contribution in [3.05, 3.63) is 0 Å². The van der Waals surface area contributed by atoms with Crippen LogP contribution in [0.4, 0.5) is 0 Å². The Balaban J connectivity index is 2.79. The van der Waals surface area contributed by atoms with Crippen LogP contribution in [0.3, 0.4) is 0 Å². The molecule has 2 unspecified atom stereocenters. The van der Waals surface area contributed by atoms with E-state index in [1.165, 1.54) is 5.01 Å². The van der Waals surface area contributed by atoms with Gasteiger partial charge in [0.05, 0.1) is 12.0 Å². The summed E-state index contributed by atoms with van der Waals surface area (Å²) < 4.78 is 0. The Morgan fingerprint density at radius 2 is 2.10 bits per heavy atom. The van der Waals surface area contributed by atoms with E-state index in [4.69, 9.17) is 0 Å². The number of amides is 1. The normalized spacial score (nSPS) is 33.1. The van der Waals surface area contributed by atoms with Gasteiger partial charge in [-0.05, 0) is 6.92 Å². The van der Waals surface area contributed by atoms with Crippen LogP contribution in [-0.4, -0.2) is 24.0 Å². The minimum Gasteiger partial charge on any atom is -0.273 e. The Kier molecular flexibility index (Phi) is 1.70. The Morgan fingerprint density at radius 3 is 2.60 bits per heavy atom. The van der Waals surface area contributed by atoms with Crippen molar-refractivity contribution < 1.29 is 4.79 Å². The summed E-state index contributed by atoms with van der Waals surface area (Å²) in [6.07, 6.45) is 0. The summed E-state index contributed by atoms with van der Waals surface area (Å²) in [7, 11) is 1.62. The average Bonchev–Trinajstić information content (AvgIpc) is 1.93. The van der Waals surface area contributed by atoms with Crippen LogP contribution in [0.5, 0.6) is 0 Å². The number of hydrogen-bond acceptors (Lipinski definition) is 3. The molecule has 0 fully saturated rings. The predicted octanol–water partition coefficient (Wildman–Crippen LogP) is 0.850. The Labute approximate surface area is 59.9 Å². The molecular weight excluding hydrogens is 130 g/mol. The highest BCUT2D eigenvalue weighted by atomic mass is 16.2. The molecule has 0 bridgehead atoms. The van der Waals surface area contributed by atoms with Crippen LogP contribution in [0.2, 0.25) is 0 Å². The minimum atomic E-state index is -0.0255. The molecule has 0 radical (unpaired) electrons. The lowest BCUT2D eigenvalue weighted by Crippen LogP contribution is -2.36. The first-order chi connectivity index (χ1) is 4.63. The van der Waals surface area contributed by atoms with Crippen LogP contribution in [0.15, 0.2) is 10.3 Å². The van der Waals surface area contributed by atoms with E-state index in [-0.39, 0.29) is 17.9 Å². The molecule has 56 valence electrons. The number of hydrogen-bond donors (Lipinski definition) is 0. The molecule has 10 heavy (non-hydrogen) atoms. The maximum atomic E-state index is 11.1. The van der Waals surface area contributed by atoms with E-state index in [9.17, 15) is 4.79 Å². The van der Waals surface area contributed by atoms with Gasteiger partial charge in [-0.2, -0.15) is 5.11 Å². The zero-order valence-corrected chi connectivity index (χ0v) is 6.40. The SMILES string of the molecule is CC1N=NN(C)C(=O)C1C. The summed E-state index contributed by atoms with van der Waals surface area (Å²) in [5.41, 5.74) is 0. The third-order valence-electron chi connectivity index (χ3n) is 1.80. The Bertz CT molecular complexity index is 178. The summed E-state index contributed by atoms with van der Waals surface area (Å²) in [6.45, 7) is 3.75. The molecule has 1 aliphatic rings. The van der Waals surface area contributed by atoms with Gasteiger partial charge < -0.3 is 0 Å². The quantitative estimate of drug-likeness (QED) is 0.493. The Morgan fingerprint density at radius 1 is 1.50 bits per heavy atom. The topological polar surface area (TPSA) is 45.0 Å². The fourth-order valence-corrected chi connectivity index (χ4v) is 0.804. The molecule has 1 amide bonds. The minimum absolute atomic E-state index is 0.0255. The van der Waals surface area contributed by atoms with Gasteiger partial charge in [0, 0.05) is 7.05 Å². The third kappa shape index (κ3) is 1.01. The van der Waals surface area contributed by atoms with Gasteiger partial charge >= 0.3 is 0 Å². The lowest BCUT2D eigenvalue weighted by atomic mass is 10.0. The van der Waals surface area contributed by atoms with Gasteiger partial charge in [-0.15, -0.1) is 0 Å². The second kappa shape index (κ2) is 2.36. The molecule has 4 heteroatoms. The van der Waals surface area contributed by atoms with E-state index in [1.807, 2.05) is 13.8 Å². The van der Waals surface area contributed by atoms with Crippen molar-refractivity contribution in [3.63, 3.8) is 0 Å². The van der Waals surface area contributed by atoms with Crippen molar-refractivity contribution in [1.82, 2.24) is 5.01 Å². The molecule has 0 aromatic heterocycles. The maximum Gasteiger partial charge on any atom is 0.248 e. The number of carbonyl (C=O) groups excluding carboxylic acids is 1. The molecule has 0 aliphatic carbocycles. The van der Waals surface area contributed by atoms with Crippen LogP contribution >= 0.6 is 0 Å². The molecule has 2 atom stereocenters. The average molecular weight is 141 g/mol. The molecule has 1 aliphatic heterocycles. The summed E-state index contributed by atoms with van der Waals surface area (Å²) in [5.74, 6) is 0.0185. The summed E-state index contributed by atoms with van der Waals surface area (Å²) in [4.78, 5) is 11.1.